The Hall–Kier alpha value is -1.83. The Morgan fingerprint density at radius 2 is 2.10 bits per heavy atom. The van der Waals surface area contributed by atoms with Crippen molar-refractivity contribution in [3.8, 4) is 0 Å². The largest absolute Gasteiger partial charge is 0.497 e. The minimum Gasteiger partial charge on any atom is -0.497 e. The summed E-state index contributed by atoms with van der Waals surface area (Å²) in [4.78, 5) is 11.9. The summed E-state index contributed by atoms with van der Waals surface area (Å²) < 4.78 is 5.57. The van der Waals surface area contributed by atoms with Crippen LogP contribution in [0.3, 0.4) is 0 Å². The van der Waals surface area contributed by atoms with E-state index in [1.54, 1.807) is 6.26 Å². The van der Waals surface area contributed by atoms with Gasteiger partial charge in [0.05, 0.1) is 6.26 Å². The Kier molecular flexibility index (Phi) is 6.26. The summed E-state index contributed by atoms with van der Waals surface area (Å²) in [6.45, 7) is 2.75. The van der Waals surface area contributed by atoms with Crippen molar-refractivity contribution < 1.29 is 9.53 Å². The zero-order valence-electron chi connectivity index (χ0n) is 12.8. The van der Waals surface area contributed by atoms with Crippen LogP contribution in [0, 0.1) is 5.92 Å². The SMILES string of the molecule is CCCC/C=C1\C(=O)CCC1/C=C/OCc1ccccc1. The van der Waals surface area contributed by atoms with Crippen molar-refractivity contribution in [2.75, 3.05) is 0 Å². The molecule has 1 atom stereocenters. The summed E-state index contributed by atoms with van der Waals surface area (Å²) in [5.74, 6) is 0.550. The van der Waals surface area contributed by atoms with Crippen LogP contribution in [0.25, 0.3) is 0 Å². The van der Waals surface area contributed by atoms with Gasteiger partial charge in [-0.25, -0.2) is 0 Å². The van der Waals surface area contributed by atoms with Crippen molar-refractivity contribution in [2.24, 2.45) is 5.92 Å². The van der Waals surface area contributed by atoms with E-state index >= 15 is 0 Å². The highest BCUT2D eigenvalue weighted by molar-refractivity contribution is 5.98. The van der Waals surface area contributed by atoms with Crippen molar-refractivity contribution >= 4 is 5.78 Å². The highest BCUT2D eigenvalue weighted by atomic mass is 16.5. The van der Waals surface area contributed by atoms with E-state index in [-0.39, 0.29) is 5.92 Å². The third-order valence-corrected chi connectivity index (χ3v) is 3.83. The Morgan fingerprint density at radius 3 is 2.86 bits per heavy atom. The van der Waals surface area contributed by atoms with Crippen LogP contribution >= 0.6 is 0 Å². The average Bonchev–Trinajstić information content (AvgIpc) is 2.86. The van der Waals surface area contributed by atoms with Crippen molar-refractivity contribution in [1.82, 2.24) is 0 Å². The van der Waals surface area contributed by atoms with Crippen molar-refractivity contribution in [1.29, 1.82) is 0 Å². The van der Waals surface area contributed by atoms with Gasteiger partial charge in [0.1, 0.15) is 6.61 Å². The summed E-state index contributed by atoms with van der Waals surface area (Å²) in [5, 5.41) is 0. The maximum Gasteiger partial charge on any atom is 0.159 e. The number of carbonyl (C=O) groups excluding carboxylic acids is 1. The molecule has 2 heteroatoms. The van der Waals surface area contributed by atoms with Gasteiger partial charge in [0, 0.05) is 12.3 Å². The molecule has 1 aliphatic carbocycles. The number of Topliss-reactive ketones (excluding diaryl/α,β-unsaturated/α-hetero) is 1. The van der Waals surface area contributed by atoms with E-state index < -0.39 is 0 Å². The fraction of sp³-hybridized carbons (Fsp3) is 0.421. The minimum absolute atomic E-state index is 0.241. The van der Waals surface area contributed by atoms with Gasteiger partial charge in [0.25, 0.3) is 0 Å². The number of benzene rings is 1. The maximum atomic E-state index is 11.9. The molecule has 0 radical (unpaired) electrons. The third kappa shape index (κ3) is 4.89. The Bertz CT molecular complexity index is 500. The van der Waals surface area contributed by atoms with E-state index in [0.29, 0.717) is 18.8 Å². The Morgan fingerprint density at radius 1 is 1.29 bits per heavy atom. The molecule has 0 bridgehead atoms. The molecule has 0 saturated heterocycles. The van der Waals surface area contributed by atoms with E-state index in [2.05, 4.69) is 13.0 Å². The second-order valence-electron chi connectivity index (χ2n) is 5.50. The molecule has 1 aromatic carbocycles. The van der Waals surface area contributed by atoms with E-state index in [9.17, 15) is 4.79 Å². The molecule has 1 aliphatic rings. The molecule has 0 aromatic heterocycles. The molecule has 1 saturated carbocycles. The highest BCUT2D eigenvalue weighted by Crippen LogP contribution is 2.29. The van der Waals surface area contributed by atoms with Gasteiger partial charge < -0.3 is 4.74 Å². The lowest BCUT2D eigenvalue weighted by molar-refractivity contribution is -0.114. The van der Waals surface area contributed by atoms with Gasteiger partial charge in [0.2, 0.25) is 0 Å². The molecule has 0 N–H and O–H groups in total. The van der Waals surface area contributed by atoms with Crippen LogP contribution in [-0.2, 0) is 16.1 Å². The fourth-order valence-corrected chi connectivity index (χ4v) is 2.59. The van der Waals surface area contributed by atoms with E-state index in [0.717, 1.165) is 30.4 Å². The van der Waals surface area contributed by atoms with E-state index in [4.69, 9.17) is 4.74 Å². The average molecular weight is 284 g/mol. The number of unbranched alkanes of at least 4 members (excludes halogenated alkanes) is 2. The second kappa shape index (κ2) is 8.46. The standard InChI is InChI=1S/C19H24O2/c1-2-3-5-10-18-17(11-12-19(18)20)13-14-21-15-16-8-6-4-7-9-16/h4,6-10,13-14,17H,2-3,5,11-12,15H2,1H3/b14-13+,18-10-. The number of rotatable bonds is 7. The smallest absolute Gasteiger partial charge is 0.159 e. The van der Waals surface area contributed by atoms with Crippen LogP contribution in [0.5, 0.6) is 0 Å². The fourth-order valence-electron chi connectivity index (χ4n) is 2.59. The molecule has 0 heterocycles. The molecule has 21 heavy (non-hydrogen) atoms. The first-order valence-corrected chi connectivity index (χ1v) is 7.86. The maximum absolute atomic E-state index is 11.9. The minimum atomic E-state index is 0.241. The van der Waals surface area contributed by atoms with Gasteiger partial charge in [-0.05, 0) is 30.1 Å². The first kappa shape index (κ1) is 15.6. The number of carbonyl (C=O) groups is 1. The quantitative estimate of drug-likeness (QED) is 0.408. The summed E-state index contributed by atoms with van der Waals surface area (Å²) in [7, 11) is 0. The zero-order valence-corrected chi connectivity index (χ0v) is 12.8. The lowest BCUT2D eigenvalue weighted by Gasteiger charge is -2.06. The summed E-state index contributed by atoms with van der Waals surface area (Å²) in [6.07, 6.45) is 10.8. The molecular weight excluding hydrogens is 260 g/mol. The lowest BCUT2D eigenvalue weighted by Crippen LogP contribution is -1.99. The third-order valence-electron chi connectivity index (χ3n) is 3.83. The zero-order chi connectivity index (χ0) is 14.9. The molecule has 0 spiro atoms. The Balaban J connectivity index is 1.84. The second-order valence-corrected chi connectivity index (χ2v) is 5.50. The lowest BCUT2D eigenvalue weighted by atomic mass is 10.0. The van der Waals surface area contributed by atoms with Crippen LogP contribution in [0.15, 0.2) is 54.3 Å². The molecule has 1 aromatic rings. The van der Waals surface area contributed by atoms with Gasteiger partial charge in [0.15, 0.2) is 5.78 Å². The molecule has 0 amide bonds. The van der Waals surface area contributed by atoms with Crippen molar-refractivity contribution in [2.45, 2.75) is 45.6 Å². The van der Waals surface area contributed by atoms with Gasteiger partial charge in [-0.15, -0.1) is 0 Å². The summed E-state index contributed by atoms with van der Waals surface area (Å²) in [5.41, 5.74) is 2.14. The number of allylic oxidation sites excluding steroid dienone is 3. The van der Waals surface area contributed by atoms with Crippen LogP contribution < -0.4 is 0 Å². The Labute approximate surface area is 127 Å². The monoisotopic (exact) mass is 284 g/mol. The molecule has 2 rings (SSSR count). The molecular formula is C19H24O2. The van der Waals surface area contributed by atoms with Gasteiger partial charge in [-0.1, -0.05) is 56.2 Å². The van der Waals surface area contributed by atoms with E-state index in [1.807, 2.05) is 36.4 Å². The highest BCUT2D eigenvalue weighted by Gasteiger charge is 2.25. The van der Waals surface area contributed by atoms with Crippen LogP contribution in [0.2, 0.25) is 0 Å². The first-order valence-electron chi connectivity index (χ1n) is 7.86. The molecule has 1 fully saturated rings. The summed E-state index contributed by atoms with van der Waals surface area (Å²) >= 11 is 0. The van der Waals surface area contributed by atoms with Crippen molar-refractivity contribution in [3.05, 3.63) is 59.9 Å². The van der Waals surface area contributed by atoms with Gasteiger partial charge in [-0.2, -0.15) is 0 Å². The van der Waals surface area contributed by atoms with Crippen LogP contribution in [0.1, 0.15) is 44.6 Å². The molecule has 112 valence electrons. The predicted octanol–water partition coefficient (Wildman–Crippen LogP) is 4.81. The van der Waals surface area contributed by atoms with Crippen LogP contribution in [0.4, 0.5) is 0 Å². The van der Waals surface area contributed by atoms with Gasteiger partial charge >= 0.3 is 0 Å². The molecule has 0 aliphatic heterocycles. The van der Waals surface area contributed by atoms with Crippen LogP contribution in [-0.4, -0.2) is 5.78 Å². The number of hydrogen-bond acceptors (Lipinski definition) is 2. The topological polar surface area (TPSA) is 26.3 Å². The number of ketones is 1. The molecule has 2 nitrogen and oxygen atoms in total. The van der Waals surface area contributed by atoms with Gasteiger partial charge in [-0.3, -0.25) is 4.79 Å². The van der Waals surface area contributed by atoms with E-state index in [1.165, 1.54) is 6.42 Å². The molecule has 1 unspecified atom stereocenters. The normalized spacial score (nSPS) is 20.5. The predicted molar refractivity (Wildman–Crippen MR) is 85.7 cm³/mol. The van der Waals surface area contributed by atoms with Crippen molar-refractivity contribution in [3.63, 3.8) is 0 Å². The number of ether oxygens (including phenoxy) is 1. The number of hydrogen-bond donors (Lipinski definition) is 0. The summed E-state index contributed by atoms with van der Waals surface area (Å²) in [6, 6.07) is 10.1. The first-order chi connectivity index (χ1) is 10.3.